The van der Waals surface area contributed by atoms with Crippen molar-refractivity contribution in [3.8, 4) is 0 Å². The van der Waals surface area contributed by atoms with E-state index in [1.54, 1.807) is 11.9 Å². The van der Waals surface area contributed by atoms with Gasteiger partial charge in [0.05, 0.1) is 18.8 Å². The van der Waals surface area contributed by atoms with Crippen molar-refractivity contribution in [1.29, 1.82) is 0 Å². The highest BCUT2D eigenvalue weighted by Crippen LogP contribution is 2.42. The highest BCUT2D eigenvalue weighted by atomic mass is 16.6. The van der Waals surface area contributed by atoms with Crippen LogP contribution in [-0.2, 0) is 25.6 Å². The van der Waals surface area contributed by atoms with Crippen molar-refractivity contribution >= 4 is 12.0 Å². The van der Waals surface area contributed by atoms with Gasteiger partial charge in [0.2, 0.25) is 5.91 Å². The van der Waals surface area contributed by atoms with Gasteiger partial charge in [-0.05, 0) is 78.2 Å². The van der Waals surface area contributed by atoms with E-state index < -0.39 is 17.4 Å². The molecule has 1 saturated heterocycles. The number of hydrogen-bond acceptors (Lipinski definition) is 5. The van der Waals surface area contributed by atoms with Gasteiger partial charge in [0.25, 0.3) is 0 Å². The second-order valence-electron chi connectivity index (χ2n) is 12.9. The zero-order valence-corrected chi connectivity index (χ0v) is 25.1. The lowest BCUT2D eigenvalue weighted by Gasteiger charge is -2.38. The maximum atomic E-state index is 13.5. The molecular weight excluding hydrogens is 480 g/mol. The maximum Gasteiger partial charge on any atom is 0.412 e. The van der Waals surface area contributed by atoms with Crippen molar-refractivity contribution < 1.29 is 23.8 Å². The molecule has 0 aromatic heterocycles. The number of hydrogen-bond donors (Lipinski definition) is 1. The highest BCUT2D eigenvalue weighted by Gasteiger charge is 2.53. The second kappa shape index (κ2) is 13.1. The molecule has 1 fully saturated rings. The molecule has 2 amide bonds. The number of carbonyl (C=O) groups excluding carboxylic acids is 2. The van der Waals surface area contributed by atoms with Crippen molar-refractivity contribution in [1.82, 2.24) is 10.2 Å². The first-order valence-corrected chi connectivity index (χ1v) is 13.7. The van der Waals surface area contributed by atoms with Gasteiger partial charge in [-0.1, -0.05) is 49.8 Å². The molecule has 1 heterocycles. The SMILES string of the molecule is C=C(C)C[C@H](C[C@@H]1OC(C)(C)N(C(=O)OC(C)(C)C)[C@H]1CC(C)(C)CCOCc1ccccc1)C(=O)NC. The van der Waals surface area contributed by atoms with E-state index in [-0.39, 0.29) is 29.4 Å². The Hall–Kier alpha value is -2.38. The van der Waals surface area contributed by atoms with E-state index in [0.717, 1.165) is 17.6 Å². The first-order chi connectivity index (χ1) is 17.5. The van der Waals surface area contributed by atoms with Crippen LogP contribution in [0, 0.1) is 11.3 Å². The molecule has 38 heavy (non-hydrogen) atoms. The molecule has 1 aromatic rings. The Labute approximate surface area is 230 Å². The van der Waals surface area contributed by atoms with Crippen LogP contribution in [0.15, 0.2) is 42.5 Å². The van der Waals surface area contributed by atoms with Crippen molar-refractivity contribution in [3.63, 3.8) is 0 Å². The number of allylic oxidation sites excluding steroid dienone is 1. The highest BCUT2D eigenvalue weighted by molar-refractivity contribution is 5.78. The van der Waals surface area contributed by atoms with Gasteiger partial charge in [-0.3, -0.25) is 9.69 Å². The molecular formula is C31H50N2O5. The van der Waals surface area contributed by atoms with E-state index in [9.17, 15) is 9.59 Å². The molecule has 0 spiro atoms. The van der Waals surface area contributed by atoms with Gasteiger partial charge in [0.15, 0.2) is 0 Å². The zero-order valence-electron chi connectivity index (χ0n) is 25.1. The number of carbonyl (C=O) groups is 2. The molecule has 1 aromatic carbocycles. The molecule has 0 aliphatic carbocycles. The molecule has 0 unspecified atom stereocenters. The molecule has 7 nitrogen and oxygen atoms in total. The molecule has 2 rings (SSSR count). The number of nitrogens with zero attached hydrogens (tertiary/aromatic N) is 1. The molecule has 0 bridgehead atoms. The number of nitrogens with one attached hydrogen (secondary N) is 1. The van der Waals surface area contributed by atoms with Crippen molar-refractivity contribution in [2.45, 2.75) is 111 Å². The lowest BCUT2D eigenvalue weighted by Crippen LogP contribution is -2.51. The smallest absolute Gasteiger partial charge is 0.412 e. The van der Waals surface area contributed by atoms with Crippen LogP contribution < -0.4 is 5.32 Å². The van der Waals surface area contributed by atoms with Gasteiger partial charge in [0, 0.05) is 19.6 Å². The number of ether oxygens (including phenoxy) is 3. The summed E-state index contributed by atoms with van der Waals surface area (Å²) < 4.78 is 18.3. The monoisotopic (exact) mass is 530 g/mol. The van der Waals surface area contributed by atoms with E-state index in [4.69, 9.17) is 14.2 Å². The molecule has 0 radical (unpaired) electrons. The minimum absolute atomic E-state index is 0.0440. The lowest BCUT2D eigenvalue weighted by molar-refractivity contribution is -0.127. The Balaban J connectivity index is 2.25. The van der Waals surface area contributed by atoms with Crippen LogP contribution in [0.3, 0.4) is 0 Å². The van der Waals surface area contributed by atoms with Gasteiger partial charge in [-0.25, -0.2) is 4.79 Å². The van der Waals surface area contributed by atoms with Gasteiger partial charge >= 0.3 is 6.09 Å². The summed E-state index contributed by atoms with van der Waals surface area (Å²) in [4.78, 5) is 28.0. The van der Waals surface area contributed by atoms with Crippen LogP contribution >= 0.6 is 0 Å². The topological polar surface area (TPSA) is 77.1 Å². The average molecular weight is 531 g/mol. The largest absolute Gasteiger partial charge is 0.444 e. The fraction of sp³-hybridized carbons (Fsp3) is 0.677. The van der Waals surface area contributed by atoms with Crippen molar-refractivity contribution in [2.75, 3.05) is 13.7 Å². The summed E-state index contributed by atoms with van der Waals surface area (Å²) >= 11 is 0. The lowest BCUT2D eigenvalue weighted by atomic mass is 9.79. The Bertz CT molecular complexity index is 935. The Morgan fingerprint density at radius 3 is 2.34 bits per heavy atom. The van der Waals surface area contributed by atoms with Crippen molar-refractivity contribution in [3.05, 3.63) is 48.0 Å². The molecule has 0 saturated carbocycles. The van der Waals surface area contributed by atoms with Crippen LogP contribution in [0.25, 0.3) is 0 Å². The van der Waals surface area contributed by atoms with E-state index >= 15 is 0 Å². The van der Waals surface area contributed by atoms with E-state index in [0.29, 0.717) is 32.5 Å². The summed E-state index contributed by atoms with van der Waals surface area (Å²) in [5.74, 6) is -0.339. The minimum atomic E-state index is -0.881. The number of rotatable bonds is 12. The van der Waals surface area contributed by atoms with Gasteiger partial charge in [-0.15, -0.1) is 6.58 Å². The molecule has 7 heteroatoms. The molecule has 1 N–H and O–H groups in total. The maximum absolute atomic E-state index is 13.5. The Morgan fingerprint density at radius 1 is 1.16 bits per heavy atom. The van der Waals surface area contributed by atoms with Crippen LogP contribution in [0.1, 0.15) is 86.6 Å². The third-order valence-corrected chi connectivity index (χ3v) is 6.90. The Morgan fingerprint density at radius 2 is 1.79 bits per heavy atom. The van der Waals surface area contributed by atoms with Crippen LogP contribution in [0.4, 0.5) is 4.79 Å². The summed E-state index contributed by atoms with van der Waals surface area (Å²) in [7, 11) is 1.65. The Kier molecular flexibility index (Phi) is 11.0. The number of amides is 2. The standard InChI is InChI=1S/C31H50N2O5/c1-22(2)18-24(27(34)32-10)19-26-25(33(31(8,9)37-26)28(35)38-29(3,4)5)20-30(6,7)16-17-36-21-23-14-12-11-13-15-23/h11-15,24-26H,1,16-21H2,2-10H3,(H,32,34)/t24-,25+,26+/m1/s1. The van der Waals surface area contributed by atoms with E-state index in [1.165, 1.54) is 0 Å². The van der Waals surface area contributed by atoms with E-state index in [1.807, 2.05) is 59.7 Å². The third kappa shape index (κ3) is 9.73. The fourth-order valence-corrected chi connectivity index (χ4v) is 5.13. The first-order valence-electron chi connectivity index (χ1n) is 13.7. The van der Waals surface area contributed by atoms with Gasteiger partial charge < -0.3 is 19.5 Å². The predicted molar refractivity (Wildman–Crippen MR) is 152 cm³/mol. The number of benzene rings is 1. The normalized spacial score (nSPS) is 20.2. The molecule has 1 aliphatic rings. The summed E-state index contributed by atoms with van der Waals surface area (Å²) in [5, 5.41) is 2.78. The van der Waals surface area contributed by atoms with Crippen LogP contribution in [0.5, 0.6) is 0 Å². The third-order valence-electron chi connectivity index (χ3n) is 6.90. The molecule has 3 atom stereocenters. The molecule has 214 valence electrons. The van der Waals surface area contributed by atoms with E-state index in [2.05, 4.69) is 37.9 Å². The fourth-order valence-electron chi connectivity index (χ4n) is 5.13. The zero-order chi connectivity index (χ0) is 28.7. The average Bonchev–Trinajstić information content (AvgIpc) is 3.03. The van der Waals surface area contributed by atoms with Gasteiger partial charge in [0.1, 0.15) is 11.3 Å². The van der Waals surface area contributed by atoms with Crippen LogP contribution in [0.2, 0.25) is 0 Å². The summed E-state index contributed by atoms with van der Waals surface area (Å²) in [6.07, 6.45) is 1.82. The predicted octanol–water partition coefficient (Wildman–Crippen LogP) is 6.47. The minimum Gasteiger partial charge on any atom is -0.444 e. The summed E-state index contributed by atoms with van der Waals surface area (Å²) in [5.41, 5.74) is 0.410. The van der Waals surface area contributed by atoms with Gasteiger partial charge in [-0.2, -0.15) is 0 Å². The summed E-state index contributed by atoms with van der Waals surface area (Å²) in [6.45, 7) is 20.9. The second-order valence-corrected chi connectivity index (χ2v) is 12.9. The van der Waals surface area contributed by atoms with Crippen LogP contribution in [-0.4, -0.2) is 54.0 Å². The summed E-state index contributed by atoms with van der Waals surface area (Å²) in [6, 6.07) is 9.86. The quantitative estimate of drug-likeness (QED) is 0.248. The molecule has 1 aliphatic heterocycles. The van der Waals surface area contributed by atoms with Crippen molar-refractivity contribution in [2.24, 2.45) is 11.3 Å². The first kappa shape index (κ1) is 31.8.